The summed E-state index contributed by atoms with van der Waals surface area (Å²) in [6, 6.07) is 0.419. The van der Waals surface area contributed by atoms with Crippen molar-refractivity contribution >= 4 is 9.84 Å². The van der Waals surface area contributed by atoms with E-state index in [0.717, 1.165) is 45.1 Å². The zero-order chi connectivity index (χ0) is 15.2. The molecule has 1 saturated carbocycles. The monoisotopic (exact) mass is 305 g/mol. The van der Waals surface area contributed by atoms with Crippen LogP contribution in [0.25, 0.3) is 0 Å². The second-order valence-electron chi connectivity index (χ2n) is 6.17. The summed E-state index contributed by atoms with van der Waals surface area (Å²) < 4.78 is 28.9. The Morgan fingerprint density at radius 1 is 1.30 bits per heavy atom. The fraction of sp³-hybridized carbons (Fsp3) is 1.00. The number of rotatable bonds is 8. The van der Waals surface area contributed by atoms with Crippen LogP contribution in [0.1, 0.15) is 52.4 Å². The summed E-state index contributed by atoms with van der Waals surface area (Å²) in [7, 11) is -1.15. The summed E-state index contributed by atoms with van der Waals surface area (Å²) in [5, 5.41) is 3.42. The Labute approximate surface area is 124 Å². The Balaban J connectivity index is 2.61. The van der Waals surface area contributed by atoms with Gasteiger partial charge in [-0.25, -0.2) is 8.42 Å². The van der Waals surface area contributed by atoms with E-state index in [2.05, 4.69) is 19.2 Å². The lowest BCUT2D eigenvalue weighted by Gasteiger charge is -2.34. The van der Waals surface area contributed by atoms with Crippen LogP contribution in [-0.2, 0) is 14.6 Å². The molecule has 0 heterocycles. The van der Waals surface area contributed by atoms with Gasteiger partial charge in [-0.3, -0.25) is 0 Å². The van der Waals surface area contributed by atoms with E-state index in [-0.39, 0.29) is 11.4 Å². The van der Waals surface area contributed by atoms with E-state index in [0.29, 0.717) is 12.0 Å². The molecular weight excluding hydrogens is 274 g/mol. The van der Waals surface area contributed by atoms with Crippen molar-refractivity contribution in [1.82, 2.24) is 5.32 Å². The zero-order valence-corrected chi connectivity index (χ0v) is 14.2. The topological polar surface area (TPSA) is 55.4 Å². The van der Waals surface area contributed by atoms with Crippen LogP contribution in [0.2, 0.25) is 0 Å². The minimum absolute atomic E-state index is 0.137. The summed E-state index contributed by atoms with van der Waals surface area (Å²) in [6.45, 7) is 5.14. The maximum Gasteiger partial charge on any atom is 0.150 e. The third-order valence-electron chi connectivity index (χ3n) is 4.59. The number of methoxy groups -OCH3 is 1. The van der Waals surface area contributed by atoms with E-state index in [9.17, 15) is 8.42 Å². The van der Waals surface area contributed by atoms with Crippen LogP contribution in [0, 0.1) is 5.92 Å². The molecular formula is C15H31NO3S. The second-order valence-corrected chi connectivity index (χ2v) is 8.49. The first-order valence-corrected chi connectivity index (χ1v) is 9.79. The molecule has 0 aliphatic heterocycles. The molecule has 5 heteroatoms. The Morgan fingerprint density at radius 2 is 2.00 bits per heavy atom. The second kappa shape index (κ2) is 8.35. The Kier molecular flexibility index (Phi) is 7.48. The van der Waals surface area contributed by atoms with Gasteiger partial charge in [0.1, 0.15) is 9.84 Å². The molecule has 0 saturated heterocycles. The SMILES string of the molecule is CCNC(CCC(C)OC)C1CCCC(S(C)(=O)=O)C1. The van der Waals surface area contributed by atoms with Gasteiger partial charge in [0.15, 0.2) is 0 Å². The van der Waals surface area contributed by atoms with Crippen molar-refractivity contribution < 1.29 is 13.2 Å². The molecule has 1 N–H and O–H groups in total. The first-order chi connectivity index (χ1) is 9.38. The van der Waals surface area contributed by atoms with Crippen LogP contribution in [0.3, 0.4) is 0 Å². The highest BCUT2D eigenvalue weighted by atomic mass is 32.2. The van der Waals surface area contributed by atoms with Crippen LogP contribution in [-0.4, -0.2) is 45.7 Å². The summed E-state index contributed by atoms with van der Waals surface area (Å²) in [4.78, 5) is 0. The van der Waals surface area contributed by atoms with Crippen molar-refractivity contribution in [2.24, 2.45) is 5.92 Å². The van der Waals surface area contributed by atoms with E-state index in [4.69, 9.17) is 4.74 Å². The molecule has 4 atom stereocenters. The lowest BCUT2D eigenvalue weighted by molar-refractivity contribution is 0.101. The normalized spacial score (nSPS) is 27.2. The average Bonchev–Trinajstić information content (AvgIpc) is 2.42. The predicted molar refractivity (Wildman–Crippen MR) is 83.8 cm³/mol. The van der Waals surface area contributed by atoms with Gasteiger partial charge in [0, 0.05) is 19.4 Å². The lowest BCUT2D eigenvalue weighted by atomic mass is 9.81. The molecule has 1 rings (SSSR count). The number of hydrogen-bond acceptors (Lipinski definition) is 4. The fourth-order valence-corrected chi connectivity index (χ4v) is 4.43. The number of ether oxygens (including phenoxy) is 1. The van der Waals surface area contributed by atoms with E-state index in [1.54, 1.807) is 7.11 Å². The molecule has 20 heavy (non-hydrogen) atoms. The van der Waals surface area contributed by atoms with Gasteiger partial charge in [-0.15, -0.1) is 0 Å². The van der Waals surface area contributed by atoms with Gasteiger partial charge in [-0.1, -0.05) is 13.3 Å². The minimum Gasteiger partial charge on any atom is -0.382 e. The van der Waals surface area contributed by atoms with E-state index in [1.807, 2.05) is 0 Å². The van der Waals surface area contributed by atoms with Crippen LogP contribution in [0.5, 0.6) is 0 Å². The van der Waals surface area contributed by atoms with Gasteiger partial charge in [-0.05, 0) is 51.5 Å². The first-order valence-electron chi connectivity index (χ1n) is 7.83. The Bertz CT molecular complexity index is 369. The number of sulfone groups is 1. The molecule has 0 bridgehead atoms. The summed E-state index contributed by atoms with van der Waals surface area (Å²) >= 11 is 0. The molecule has 4 nitrogen and oxygen atoms in total. The average molecular weight is 305 g/mol. The molecule has 1 aliphatic rings. The van der Waals surface area contributed by atoms with Crippen LogP contribution in [0.4, 0.5) is 0 Å². The molecule has 0 aromatic rings. The third-order valence-corrected chi connectivity index (χ3v) is 6.23. The first kappa shape index (κ1) is 17.9. The summed E-state index contributed by atoms with van der Waals surface area (Å²) in [5.41, 5.74) is 0. The van der Waals surface area contributed by atoms with E-state index < -0.39 is 9.84 Å². The predicted octanol–water partition coefficient (Wildman–Crippen LogP) is 2.38. The van der Waals surface area contributed by atoms with Crippen LogP contribution < -0.4 is 5.32 Å². The highest BCUT2D eigenvalue weighted by molar-refractivity contribution is 7.91. The van der Waals surface area contributed by atoms with Gasteiger partial charge < -0.3 is 10.1 Å². The van der Waals surface area contributed by atoms with Gasteiger partial charge in [0.2, 0.25) is 0 Å². The van der Waals surface area contributed by atoms with Gasteiger partial charge in [0.25, 0.3) is 0 Å². The van der Waals surface area contributed by atoms with Crippen molar-refractivity contribution in [3.63, 3.8) is 0 Å². The van der Waals surface area contributed by atoms with Crippen molar-refractivity contribution in [1.29, 1.82) is 0 Å². The smallest absolute Gasteiger partial charge is 0.150 e. The molecule has 1 aliphatic carbocycles. The minimum atomic E-state index is -2.90. The van der Waals surface area contributed by atoms with Crippen LogP contribution in [0.15, 0.2) is 0 Å². The molecule has 0 aromatic heterocycles. The van der Waals surface area contributed by atoms with Crippen molar-refractivity contribution in [3.8, 4) is 0 Å². The largest absolute Gasteiger partial charge is 0.382 e. The van der Waals surface area contributed by atoms with Gasteiger partial charge in [-0.2, -0.15) is 0 Å². The summed E-state index contributed by atoms with van der Waals surface area (Å²) in [6.07, 6.45) is 7.56. The van der Waals surface area contributed by atoms with Crippen molar-refractivity contribution in [2.45, 2.75) is 69.8 Å². The van der Waals surface area contributed by atoms with Gasteiger partial charge in [0.05, 0.1) is 11.4 Å². The molecule has 0 amide bonds. The van der Waals surface area contributed by atoms with Crippen molar-refractivity contribution in [3.05, 3.63) is 0 Å². The standard InChI is InChI=1S/C15H31NO3S/c1-5-16-15(10-9-12(2)19-3)13-7-6-8-14(11-13)20(4,17)18/h12-16H,5-11H2,1-4H3. The van der Waals surface area contributed by atoms with Gasteiger partial charge >= 0.3 is 0 Å². The van der Waals surface area contributed by atoms with Crippen LogP contribution >= 0.6 is 0 Å². The molecule has 0 radical (unpaired) electrons. The maximum atomic E-state index is 11.8. The number of hydrogen-bond donors (Lipinski definition) is 1. The maximum absolute atomic E-state index is 11.8. The van der Waals surface area contributed by atoms with Crippen molar-refractivity contribution in [2.75, 3.05) is 19.9 Å². The zero-order valence-electron chi connectivity index (χ0n) is 13.4. The quantitative estimate of drug-likeness (QED) is 0.748. The third kappa shape index (κ3) is 5.70. The Hall–Kier alpha value is -0.130. The number of nitrogens with one attached hydrogen (secondary N) is 1. The van der Waals surface area contributed by atoms with E-state index in [1.165, 1.54) is 6.26 Å². The molecule has 0 aromatic carbocycles. The Morgan fingerprint density at radius 3 is 2.55 bits per heavy atom. The lowest BCUT2D eigenvalue weighted by Crippen LogP contribution is -2.41. The molecule has 120 valence electrons. The van der Waals surface area contributed by atoms with E-state index >= 15 is 0 Å². The fourth-order valence-electron chi connectivity index (χ4n) is 3.23. The highest BCUT2D eigenvalue weighted by Gasteiger charge is 2.32. The molecule has 4 unspecified atom stereocenters. The highest BCUT2D eigenvalue weighted by Crippen LogP contribution is 2.32. The molecule has 0 spiro atoms. The molecule has 1 fully saturated rings. The summed E-state index contributed by atoms with van der Waals surface area (Å²) in [5.74, 6) is 0.479.